The lowest BCUT2D eigenvalue weighted by Gasteiger charge is -2.31. The Morgan fingerprint density at radius 2 is 2.29 bits per heavy atom. The summed E-state index contributed by atoms with van der Waals surface area (Å²) >= 11 is 0. The van der Waals surface area contributed by atoms with Crippen LogP contribution in [0.1, 0.15) is 12.8 Å². The van der Waals surface area contributed by atoms with Gasteiger partial charge in [-0.3, -0.25) is 4.79 Å². The molecule has 1 aromatic heterocycles. The molecule has 0 atom stereocenters. The summed E-state index contributed by atoms with van der Waals surface area (Å²) in [6.07, 6.45) is 5.24. The summed E-state index contributed by atoms with van der Waals surface area (Å²) < 4.78 is 5.59. The molecule has 0 aromatic carbocycles. The lowest BCUT2D eigenvalue weighted by atomic mass is 10.1. The summed E-state index contributed by atoms with van der Waals surface area (Å²) in [4.78, 5) is 20.3. The zero-order valence-corrected chi connectivity index (χ0v) is 9.76. The fourth-order valence-electron chi connectivity index (χ4n) is 2.04. The molecule has 0 amide bonds. The van der Waals surface area contributed by atoms with Gasteiger partial charge in [-0.2, -0.15) is 0 Å². The van der Waals surface area contributed by atoms with E-state index in [2.05, 4.69) is 9.97 Å². The Morgan fingerprint density at radius 1 is 1.53 bits per heavy atom. The number of aromatic nitrogens is 2. The first-order chi connectivity index (χ1) is 8.31. The fraction of sp³-hybridized carbons (Fsp3) is 0.636. The molecule has 3 N–H and O–H groups in total. The Balaban J connectivity index is 1.91. The van der Waals surface area contributed by atoms with Crippen LogP contribution < -0.4 is 16.2 Å². The van der Waals surface area contributed by atoms with Crippen LogP contribution >= 0.6 is 0 Å². The largest absolute Gasteiger partial charge is 0.377 e. The number of hydrogen-bond donors (Lipinski definition) is 2. The van der Waals surface area contributed by atoms with Gasteiger partial charge in [0.1, 0.15) is 0 Å². The first kappa shape index (κ1) is 12.1. The molecule has 94 valence electrons. The van der Waals surface area contributed by atoms with Gasteiger partial charge in [-0.05, 0) is 12.8 Å². The van der Waals surface area contributed by atoms with E-state index in [4.69, 9.17) is 10.5 Å². The monoisotopic (exact) mass is 238 g/mol. The summed E-state index contributed by atoms with van der Waals surface area (Å²) in [5.41, 5.74) is 5.26. The Hall–Kier alpha value is -1.40. The van der Waals surface area contributed by atoms with E-state index in [0.29, 0.717) is 19.0 Å². The number of H-pyrrole nitrogens is 1. The molecule has 0 unspecified atom stereocenters. The first-order valence-corrected chi connectivity index (χ1v) is 5.91. The third-order valence-electron chi connectivity index (χ3n) is 2.90. The molecule has 2 heterocycles. The minimum atomic E-state index is -0.131. The van der Waals surface area contributed by atoms with E-state index in [1.165, 1.54) is 0 Å². The van der Waals surface area contributed by atoms with Gasteiger partial charge in [0.05, 0.1) is 12.7 Å². The lowest BCUT2D eigenvalue weighted by molar-refractivity contribution is 0.0420. The predicted molar refractivity (Wildman–Crippen MR) is 65.1 cm³/mol. The van der Waals surface area contributed by atoms with Gasteiger partial charge in [-0.15, -0.1) is 0 Å². The minimum absolute atomic E-state index is 0.131. The average molecular weight is 238 g/mol. The molecule has 0 spiro atoms. The highest BCUT2D eigenvalue weighted by Gasteiger charge is 2.21. The Kier molecular flexibility index (Phi) is 4.11. The van der Waals surface area contributed by atoms with Crippen molar-refractivity contribution in [1.29, 1.82) is 0 Å². The predicted octanol–water partition coefficient (Wildman–Crippen LogP) is -0.286. The van der Waals surface area contributed by atoms with E-state index in [-0.39, 0.29) is 11.7 Å². The topological polar surface area (TPSA) is 84.2 Å². The van der Waals surface area contributed by atoms with Gasteiger partial charge in [0, 0.05) is 32.0 Å². The second kappa shape index (κ2) is 5.79. The van der Waals surface area contributed by atoms with Crippen molar-refractivity contribution in [3.8, 4) is 0 Å². The summed E-state index contributed by atoms with van der Waals surface area (Å²) in [6.45, 7) is 2.76. The van der Waals surface area contributed by atoms with Crippen LogP contribution in [-0.2, 0) is 4.74 Å². The zero-order chi connectivity index (χ0) is 12.1. The third-order valence-corrected chi connectivity index (χ3v) is 2.90. The van der Waals surface area contributed by atoms with Crippen molar-refractivity contribution in [2.75, 3.05) is 31.1 Å². The molecule has 0 bridgehead atoms. The minimum Gasteiger partial charge on any atom is -0.377 e. The molecule has 17 heavy (non-hydrogen) atoms. The molecule has 6 heteroatoms. The van der Waals surface area contributed by atoms with E-state index < -0.39 is 0 Å². The summed E-state index contributed by atoms with van der Waals surface area (Å²) in [5, 5.41) is 0. The van der Waals surface area contributed by atoms with Crippen LogP contribution in [0.4, 0.5) is 5.82 Å². The highest BCUT2D eigenvalue weighted by atomic mass is 16.5. The maximum Gasteiger partial charge on any atom is 0.290 e. The van der Waals surface area contributed by atoms with E-state index in [1.54, 1.807) is 12.4 Å². The van der Waals surface area contributed by atoms with Crippen LogP contribution in [0.25, 0.3) is 0 Å². The van der Waals surface area contributed by atoms with Gasteiger partial charge < -0.3 is 20.4 Å². The molecule has 1 saturated heterocycles. The summed E-state index contributed by atoms with van der Waals surface area (Å²) in [7, 11) is 0. The molecular formula is C11H18N4O2. The van der Waals surface area contributed by atoms with Gasteiger partial charge in [-0.25, -0.2) is 4.98 Å². The van der Waals surface area contributed by atoms with E-state index in [1.807, 2.05) is 4.90 Å². The van der Waals surface area contributed by atoms with E-state index in [9.17, 15) is 4.79 Å². The van der Waals surface area contributed by atoms with Gasteiger partial charge >= 0.3 is 0 Å². The second-order valence-corrected chi connectivity index (χ2v) is 4.09. The van der Waals surface area contributed by atoms with Gasteiger partial charge in [0.25, 0.3) is 5.56 Å². The SMILES string of the molecule is NCCOC1CCN(c2ncc[nH]c2=O)CC1. The van der Waals surface area contributed by atoms with Crippen LogP contribution in [0, 0.1) is 0 Å². The number of hydrogen-bond acceptors (Lipinski definition) is 5. The molecule has 1 aliphatic rings. The zero-order valence-electron chi connectivity index (χ0n) is 9.76. The van der Waals surface area contributed by atoms with Crippen molar-refractivity contribution >= 4 is 5.82 Å². The molecule has 1 aliphatic heterocycles. The molecule has 0 radical (unpaired) electrons. The fourth-order valence-corrected chi connectivity index (χ4v) is 2.04. The van der Waals surface area contributed by atoms with Gasteiger partial charge in [0.15, 0.2) is 5.82 Å². The highest BCUT2D eigenvalue weighted by molar-refractivity contribution is 5.35. The standard InChI is InChI=1S/C11H18N4O2/c12-3-8-17-9-1-6-15(7-2-9)10-11(16)14-5-4-13-10/h4-5,9H,1-3,6-8,12H2,(H,14,16). The van der Waals surface area contributed by atoms with E-state index in [0.717, 1.165) is 25.9 Å². The van der Waals surface area contributed by atoms with E-state index >= 15 is 0 Å². The van der Waals surface area contributed by atoms with Crippen LogP contribution in [-0.4, -0.2) is 42.3 Å². The van der Waals surface area contributed by atoms with Crippen LogP contribution in [0.15, 0.2) is 17.2 Å². The van der Waals surface area contributed by atoms with Gasteiger partial charge in [-0.1, -0.05) is 0 Å². The molecular weight excluding hydrogens is 220 g/mol. The molecule has 1 fully saturated rings. The Bertz CT molecular complexity index is 398. The summed E-state index contributed by atoms with van der Waals surface area (Å²) in [5.74, 6) is 0.504. The molecule has 0 saturated carbocycles. The normalized spacial score (nSPS) is 17.4. The smallest absolute Gasteiger partial charge is 0.290 e. The third kappa shape index (κ3) is 3.04. The van der Waals surface area contributed by atoms with Crippen LogP contribution in [0.3, 0.4) is 0 Å². The number of piperidine rings is 1. The van der Waals surface area contributed by atoms with Crippen molar-refractivity contribution < 1.29 is 4.74 Å². The average Bonchev–Trinajstić information content (AvgIpc) is 2.38. The summed E-state index contributed by atoms with van der Waals surface area (Å²) in [6, 6.07) is 0. The van der Waals surface area contributed by atoms with Crippen molar-refractivity contribution in [2.45, 2.75) is 18.9 Å². The number of ether oxygens (including phenoxy) is 1. The second-order valence-electron chi connectivity index (χ2n) is 4.09. The maximum absolute atomic E-state index is 11.6. The number of rotatable bonds is 4. The molecule has 0 aliphatic carbocycles. The molecule has 2 rings (SSSR count). The van der Waals surface area contributed by atoms with Crippen LogP contribution in [0.2, 0.25) is 0 Å². The highest BCUT2D eigenvalue weighted by Crippen LogP contribution is 2.16. The molecule has 1 aromatic rings. The van der Waals surface area contributed by atoms with Crippen molar-refractivity contribution in [3.05, 3.63) is 22.7 Å². The number of nitrogens with two attached hydrogens (primary N) is 1. The quantitative estimate of drug-likeness (QED) is 0.753. The Labute approximate surface area is 99.8 Å². The number of anilines is 1. The maximum atomic E-state index is 11.6. The first-order valence-electron chi connectivity index (χ1n) is 5.91. The van der Waals surface area contributed by atoms with Crippen molar-refractivity contribution in [3.63, 3.8) is 0 Å². The Morgan fingerprint density at radius 3 is 2.94 bits per heavy atom. The molecule has 6 nitrogen and oxygen atoms in total. The number of nitrogens with one attached hydrogen (secondary N) is 1. The van der Waals surface area contributed by atoms with Gasteiger partial charge in [0.2, 0.25) is 0 Å². The van der Waals surface area contributed by atoms with Crippen LogP contribution in [0.5, 0.6) is 0 Å². The van der Waals surface area contributed by atoms with Crippen molar-refractivity contribution in [1.82, 2.24) is 9.97 Å². The lowest BCUT2D eigenvalue weighted by Crippen LogP contribution is -2.40. The number of nitrogens with zero attached hydrogens (tertiary/aromatic N) is 2. The number of aromatic amines is 1. The van der Waals surface area contributed by atoms with Crippen molar-refractivity contribution in [2.24, 2.45) is 5.73 Å².